The number of amides is 3. The summed E-state index contributed by atoms with van der Waals surface area (Å²) in [6.45, 7) is 0.201. The van der Waals surface area contributed by atoms with E-state index in [0.717, 1.165) is 32.9 Å². The minimum atomic E-state index is -1.23. The van der Waals surface area contributed by atoms with Gasteiger partial charge in [-0.25, -0.2) is 4.79 Å². The van der Waals surface area contributed by atoms with Gasteiger partial charge in [-0.05, 0) is 61.0 Å². The van der Waals surface area contributed by atoms with Gasteiger partial charge in [-0.3, -0.25) is 19.4 Å². The molecule has 4 rings (SSSR count). The number of aliphatic carboxylic acids is 1. The number of carbonyl (C=O) groups excluding carboxylic acids is 3. The second-order valence-corrected chi connectivity index (χ2v) is 12.5. The number of guanidine groups is 1. The highest BCUT2D eigenvalue weighted by molar-refractivity contribution is 7.98. The van der Waals surface area contributed by atoms with Crippen molar-refractivity contribution >= 4 is 63.2 Å². The number of benzene rings is 2. The van der Waals surface area contributed by atoms with Crippen molar-refractivity contribution in [3.63, 3.8) is 0 Å². The molecule has 14 nitrogen and oxygen atoms in total. The van der Waals surface area contributed by atoms with Gasteiger partial charge >= 0.3 is 5.97 Å². The third-order valence-corrected chi connectivity index (χ3v) is 8.63. The van der Waals surface area contributed by atoms with Crippen molar-refractivity contribution in [1.29, 1.82) is 0 Å². The first kappa shape index (κ1) is 35.8. The number of H-pyrrole nitrogens is 2. The Bertz CT molecular complexity index is 1750. The summed E-state index contributed by atoms with van der Waals surface area (Å²) in [5.41, 5.74) is 20.5. The molecule has 0 aliphatic rings. The number of nitrogens with one attached hydrogen (secondary N) is 5. The highest BCUT2D eigenvalue weighted by Gasteiger charge is 2.31. The molecule has 2 aromatic carbocycles. The number of carboxylic acids is 1. The Balaban J connectivity index is 1.51. The van der Waals surface area contributed by atoms with Crippen molar-refractivity contribution in [2.75, 3.05) is 18.6 Å². The second kappa shape index (κ2) is 17.2. The Morgan fingerprint density at radius 1 is 0.792 bits per heavy atom. The molecule has 4 unspecified atom stereocenters. The van der Waals surface area contributed by atoms with Gasteiger partial charge in [-0.15, -0.1) is 0 Å². The number of aliphatic imine (C=N–C) groups is 1. The average Bonchev–Trinajstić information content (AvgIpc) is 3.67. The summed E-state index contributed by atoms with van der Waals surface area (Å²) in [7, 11) is 0. The van der Waals surface area contributed by atoms with E-state index >= 15 is 0 Å². The number of rotatable bonds is 18. The summed E-state index contributed by atoms with van der Waals surface area (Å²) in [4.78, 5) is 62.9. The summed E-state index contributed by atoms with van der Waals surface area (Å²) >= 11 is 1.47. The molecule has 0 bridgehead atoms. The number of nitrogens with zero attached hydrogens (tertiary/aromatic N) is 1. The van der Waals surface area contributed by atoms with Crippen molar-refractivity contribution in [3.8, 4) is 0 Å². The van der Waals surface area contributed by atoms with E-state index in [1.165, 1.54) is 11.8 Å². The smallest absolute Gasteiger partial charge is 0.326 e. The number of carboxylic acid groups (broad SMARTS) is 1. The van der Waals surface area contributed by atoms with Crippen LogP contribution in [0, 0.1) is 0 Å². The zero-order valence-corrected chi connectivity index (χ0v) is 27.5. The van der Waals surface area contributed by atoms with E-state index in [2.05, 4.69) is 30.9 Å². The fourth-order valence-corrected chi connectivity index (χ4v) is 5.92. The Morgan fingerprint density at radius 2 is 1.33 bits per heavy atom. The zero-order chi connectivity index (χ0) is 34.6. The van der Waals surface area contributed by atoms with Crippen molar-refractivity contribution in [3.05, 3.63) is 72.1 Å². The summed E-state index contributed by atoms with van der Waals surface area (Å²) < 4.78 is 0. The number of nitrogens with two attached hydrogens (primary N) is 3. The standard InChI is InChI=1S/C33H43N9O5S/c1-48-14-12-26(30(44)41-27(32(46)47)11-6-13-37-33(35)36)40-31(45)28(16-20-18-39-25-10-5-3-8-22(20)25)42-29(43)23(34)15-19-17-38-24-9-4-2-7-21(19)24/h2-5,7-10,17-18,23,26-28,38-39H,6,11-16,34H2,1H3,(H,40,45)(H,41,44)(H,42,43)(H,46,47)(H4,35,36,37). The van der Waals surface area contributed by atoms with Crippen LogP contribution in [0.25, 0.3) is 21.8 Å². The van der Waals surface area contributed by atoms with Crippen LogP contribution in [-0.2, 0) is 32.0 Å². The number of fused-ring (bicyclic) bond motifs is 2. The van der Waals surface area contributed by atoms with Crippen LogP contribution in [-0.4, -0.2) is 87.4 Å². The van der Waals surface area contributed by atoms with Crippen LogP contribution in [0.4, 0.5) is 0 Å². The molecule has 4 atom stereocenters. The summed E-state index contributed by atoms with van der Waals surface area (Å²) in [5, 5.41) is 19.7. The number of para-hydroxylation sites is 2. The molecular weight excluding hydrogens is 634 g/mol. The van der Waals surface area contributed by atoms with Crippen molar-refractivity contribution in [2.45, 2.75) is 56.3 Å². The minimum absolute atomic E-state index is 0.0780. The van der Waals surface area contributed by atoms with E-state index in [1.807, 2.05) is 61.0 Å². The molecule has 15 heteroatoms. The van der Waals surface area contributed by atoms with Crippen LogP contribution in [0.3, 0.4) is 0 Å². The Morgan fingerprint density at radius 3 is 1.92 bits per heavy atom. The summed E-state index contributed by atoms with van der Waals surface area (Å²) in [6, 6.07) is 10.9. The van der Waals surface area contributed by atoms with E-state index in [9.17, 15) is 24.3 Å². The topological polar surface area (TPSA) is 247 Å². The molecule has 0 aliphatic carbocycles. The Hall–Kier alpha value is -5.02. The lowest BCUT2D eigenvalue weighted by Gasteiger charge is -2.25. The van der Waals surface area contributed by atoms with Crippen LogP contribution in [0.1, 0.15) is 30.4 Å². The quantitative estimate of drug-likeness (QED) is 0.0415. The third kappa shape index (κ3) is 9.75. The maximum atomic E-state index is 13.9. The third-order valence-electron chi connectivity index (χ3n) is 7.99. The molecule has 12 N–H and O–H groups in total. The fraction of sp³-hybridized carbons (Fsp3) is 0.364. The minimum Gasteiger partial charge on any atom is -0.480 e. The predicted octanol–water partition coefficient (Wildman–Crippen LogP) is 1.11. The molecule has 0 fully saturated rings. The van der Waals surface area contributed by atoms with Gasteiger partial charge < -0.3 is 48.2 Å². The molecule has 256 valence electrons. The maximum absolute atomic E-state index is 13.9. The van der Waals surface area contributed by atoms with E-state index in [4.69, 9.17) is 17.2 Å². The lowest BCUT2D eigenvalue weighted by Crippen LogP contribution is -2.57. The van der Waals surface area contributed by atoms with Crippen molar-refractivity contribution < 1.29 is 24.3 Å². The molecule has 0 spiro atoms. The number of aromatic amines is 2. The highest BCUT2D eigenvalue weighted by atomic mass is 32.2. The normalized spacial score (nSPS) is 13.7. The van der Waals surface area contributed by atoms with Gasteiger partial charge in [0.15, 0.2) is 5.96 Å². The second-order valence-electron chi connectivity index (χ2n) is 11.5. The first-order valence-corrected chi connectivity index (χ1v) is 17.0. The zero-order valence-electron chi connectivity index (χ0n) is 26.7. The molecule has 3 amide bonds. The number of hydrogen-bond acceptors (Lipinski definition) is 7. The Labute approximate surface area is 282 Å². The molecule has 2 aromatic heterocycles. The number of thioether (sulfide) groups is 1. The number of aromatic nitrogens is 2. The molecule has 0 radical (unpaired) electrons. The van der Waals surface area contributed by atoms with Gasteiger partial charge in [-0.2, -0.15) is 11.8 Å². The molecule has 0 aliphatic heterocycles. The monoisotopic (exact) mass is 677 g/mol. The predicted molar refractivity (Wildman–Crippen MR) is 188 cm³/mol. The lowest BCUT2D eigenvalue weighted by atomic mass is 10.0. The largest absolute Gasteiger partial charge is 0.480 e. The van der Waals surface area contributed by atoms with Gasteiger partial charge in [0, 0.05) is 47.2 Å². The van der Waals surface area contributed by atoms with Gasteiger partial charge in [0.1, 0.15) is 18.1 Å². The average molecular weight is 678 g/mol. The van der Waals surface area contributed by atoms with Crippen LogP contribution >= 0.6 is 11.8 Å². The first-order chi connectivity index (χ1) is 23.1. The van der Waals surface area contributed by atoms with Gasteiger partial charge in [0.25, 0.3) is 0 Å². The first-order valence-electron chi connectivity index (χ1n) is 15.6. The highest BCUT2D eigenvalue weighted by Crippen LogP contribution is 2.21. The van der Waals surface area contributed by atoms with Crippen LogP contribution < -0.4 is 33.2 Å². The lowest BCUT2D eigenvalue weighted by molar-refractivity contribution is -0.142. The molecule has 4 aromatic rings. The molecular formula is C33H43N9O5S. The molecule has 48 heavy (non-hydrogen) atoms. The van der Waals surface area contributed by atoms with Gasteiger partial charge in [-0.1, -0.05) is 36.4 Å². The SMILES string of the molecule is CSCCC(NC(=O)C(Cc1c[nH]c2ccccc12)NC(=O)C(N)Cc1c[nH]c2ccccc12)C(=O)NC(CCCN=C(N)N)C(=O)O. The number of carbonyl (C=O) groups is 4. The van der Waals surface area contributed by atoms with Crippen LogP contribution in [0.15, 0.2) is 65.9 Å². The molecule has 0 saturated heterocycles. The van der Waals surface area contributed by atoms with Crippen LogP contribution in [0.2, 0.25) is 0 Å². The van der Waals surface area contributed by atoms with Crippen molar-refractivity contribution in [2.24, 2.45) is 22.2 Å². The van der Waals surface area contributed by atoms with E-state index in [1.54, 1.807) is 6.20 Å². The van der Waals surface area contributed by atoms with Crippen molar-refractivity contribution in [1.82, 2.24) is 25.9 Å². The Kier molecular flexibility index (Phi) is 12.9. The van der Waals surface area contributed by atoms with E-state index in [-0.39, 0.29) is 38.2 Å². The van der Waals surface area contributed by atoms with E-state index in [0.29, 0.717) is 12.2 Å². The molecule has 2 heterocycles. The van der Waals surface area contributed by atoms with Crippen LogP contribution in [0.5, 0.6) is 0 Å². The summed E-state index contributed by atoms with van der Waals surface area (Å²) in [6.07, 6.45) is 6.41. The van der Waals surface area contributed by atoms with Gasteiger partial charge in [0.05, 0.1) is 6.04 Å². The summed E-state index contributed by atoms with van der Waals surface area (Å²) in [5.74, 6) is -2.61. The molecule has 0 saturated carbocycles. The van der Waals surface area contributed by atoms with Gasteiger partial charge in [0.2, 0.25) is 17.7 Å². The van der Waals surface area contributed by atoms with E-state index < -0.39 is 47.9 Å². The number of hydrogen-bond donors (Lipinski definition) is 9. The maximum Gasteiger partial charge on any atom is 0.326 e. The fourth-order valence-electron chi connectivity index (χ4n) is 5.45.